The van der Waals surface area contributed by atoms with Crippen molar-refractivity contribution in [3.63, 3.8) is 0 Å². The third-order valence-electron chi connectivity index (χ3n) is 4.95. The molecule has 0 bridgehead atoms. The number of hydrogen-bond acceptors (Lipinski definition) is 4. The minimum Gasteiger partial charge on any atom is -0.350 e. The van der Waals surface area contributed by atoms with Crippen molar-refractivity contribution in [2.45, 2.75) is 59.0 Å². The van der Waals surface area contributed by atoms with E-state index in [-0.39, 0.29) is 22.9 Å². The Morgan fingerprint density at radius 2 is 1.69 bits per heavy atom. The first-order chi connectivity index (χ1) is 13.4. The van der Waals surface area contributed by atoms with Gasteiger partial charge in [0.1, 0.15) is 6.04 Å². The van der Waals surface area contributed by atoms with Crippen molar-refractivity contribution in [1.29, 1.82) is 0 Å². The van der Waals surface area contributed by atoms with E-state index in [9.17, 15) is 18.0 Å². The molecule has 0 aliphatic heterocycles. The zero-order chi connectivity index (χ0) is 21.9. The molecule has 0 aliphatic carbocycles. The summed E-state index contributed by atoms with van der Waals surface area (Å²) >= 11 is 0. The molecule has 1 unspecified atom stereocenters. The SMILES string of the molecule is Cc1cc(C)c(CNC(=O)C(NS(=O)(=O)c2ccc(C)c(C)c2)C(C)C)c(=O)[nH]1. The van der Waals surface area contributed by atoms with Crippen molar-refractivity contribution in [3.05, 3.63) is 62.6 Å². The molecule has 158 valence electrons. The Hall–Kier alpha value is -2.45. The first kappa shape index (κ1) is 22.8. The summed E-state index contributed by atoms with van der Waals surface area (Å²) in [5.74, 6) is -0.763. The Kier molecular flexibility index (Phi) is 7.02. The van der Waals surface area contributed by atoms with Gasteiger partial charge in [0.15, 0.2) is 0 Å². The summed E-state index contributed by atoms with van der Waals surface area (Å²) in [6, 6.07) is 5.70. The molecule has 7 nitrogen and oxygen atoms in total. The van der Waals surface area contributed by atoms with Crippen molar-refractivity contribution in [2.24, 2.45) is 5.92 Å². The Bertz CT molecular complexity index is 1070. The second-order valence-corrected chi connectivity index (χ2v) is 9.46. The summed E-state index contributed by atoms with van der Waals surface area (Å²) in [4.78, 5) is 27.7. The highest BCUT2D eigenvalue weighted by Gasteiger charge is 2.28. The molecular formula is C21H29N3O4S. The van der Waals surface area contributed by atoms with Crippen molar-refractivity contribution in [2.75, 3.05) is 0 Å². The van der Waals surface area contributed by atoms with E-state index in [2.05, 4.69) is 15.0 Å². The summed E-state index contributed by atoms with van der Waals surface area (Å²) in [7, 11) is -3.87. The topological polar surface area (TPSA) is 108 Å². The average Bonchev–Trinajstić information content (AvgIpc) is 2.60. The van der Waals surface area contributed by atoms with Crippen LogP contribution in [0.1, 0.15) is 41.8 Å². The maximum Gasteiger partial charge on any atom is 0.253 e. The van der Waals surface area contributed by atoms with Crippen LogP contribution in [0.2, 0.25) is 0 Å². The fourth-order valence-electron chi connectivity index (χ4n) is 3.00. The fourth-order valence-corrected chi connectivity index (χ4v) is 4.42. The number of carbonyl (C=O) groups is 1. The molecule has 3 N–H and O–H groups in total. The Morgan fingerprint density at radius 3 is 2.24 bits per heavy atom. The van der Waals surface area contributed by atoms with Gasteiger partial charge in [0.25, 0.3) is 5.56 Å². The summed E-state index contributed by atoms with van der Waals surface area (Å²) in [6.45, 7) is 10.9. The minimum atomic E-state index is -3.87. The number of aromatic amines is 1. The second kappa shape index (κ2) is 8.92. The maximum absolute atomic E-state index is 12.8. The minimum absolute atomic E-state index is 0.0227. The van der Waals surface area contributed by atoms with Gasteiger partial charge in [-0.05, 0) is 68.5 Å². The molecule has 0 saturated carbocycles. The lowest BCUT2D eigenvalue weighted by atomic mass is 10.0. The van der Waals surface area contributed by atoms with Crippen LogP contribution >= 0.6 is 0 Å². The predicted octanol–water partition coefficient (Wildman–Crippen LogP) is 2.23. The first-order valence-electron chi connectivity index (χ1n) is 9.49. The predicted molar refractivity (Wildman–Crippen MR) is 113 cm³/mol. The maximum atomic E-state index is 12.8. The molecule has 0 aliphatic rings. The smallest absolute Gasteiger partial charge is 0.253 e. The molecule has 1 heterocycles. The Labute approximate surface area is 172 Å². The largest absolute Gasteiger partial charge is 0.350 e. The first-order valence-corrected chi connectivity index (χ1v) is 11.0. The van der Waals surface area contributed by atoms with Crippen molar-refractivity contribution in [3.8, 4) is 0 Å². The third-order valence-corrected chi connectivity index (χ3v) is 6.39. The highest BCUT2D eigenvalue weighted by molar-refractivity contribution is 7.89. The lowest BCUT2D eigenvalue weighted by molar-refractivity contribution is -0.123. The van der Waals surface area contributed by atoms with Gasteiger partial charge in [-0.3, -0.25) is 9.59 Å². The number of rotatable bonds is 7. The number of nitrogens with one attached hydrogen (secondary N) is 3. The van der Waals surface area contributed by atoms with E-state index in [4.69, 9.17) is 0 Å². The molecule has 0 radical (unpaired) electrons. The van der Waals surface area contributed by atoms with E-state index in [1.807, 2.05) is 19.9 Å². The molecule has 2 aromatic rings. The molecule has 1 aromatic carbocycles. The molecule has 0 saturated heterocycles. The zero-order valence-corrected chi connectivity index (χ0v) is 18.5. The lowest BCUT2D eigenvalue weighted by Gasteiger charge is -2.22. The van der Waals surface area contributed by atoms with Gasteiger partial charge in [0.05, 0.1) is 4.90 Å². The van der Waals surface area contributed by atoms with Crippen LogP contribution in [0.5, 0.6) is 0 Å². The van der Waals surface area contributed by atoms with Gasteiger partial charge < -0.3 is 10.3 Å². The number of sulfonamides is 1. The highest BCUT2D eigenvalue weighted by Crippen LogP contribution is 2.16. The van der Waals surface area contributed by atoms with Crippen LogP contribution in [0.15, 0.2) is 34.0 Å². The Morgan fingerprint density at radius 1 is 1.03 bits per heavy atom. The van der Waals surface area contributed by atoms with E-state index >= 15 is 0 Å². The van der Waals surface area contributed by atoms with Crippen LogP contribution in [-0.4, -0.2) is 25.4 Å². The van der Waals surface area contributed by atoms with Gasteiger partial charge in [0, 0.05) is 17.8 Å². The van der Waals surface area contributed by atoms with Gasteiger partial charge in [0.2, 0.25) is 15.9 Å². The van der Waals surface area contributed by atoms with Crippen molar-refractivity contribution in [1.82, 2.24) is 15.0 Å². The number of pyridine rings is 1. The van der Waals surface area contributed by atoms with E-state index < -0.39 is 22.0 Å². The highest BCUT2D eigenvalue weighted by atomic mass is 32.2. The van der Waals surface area contributed by atoms with E-state index in [0.29, 0.717) is 5.56 Å². The van der Waals surface area contributed by atoms with Crippen LogP contribution in [0.25, 0.3) is 0 Å². The molecular weight excluding hydrogens is 390 g/mol. The van der Waals surface area contributed by atoms with Gasteiger partial charge in [-0.15, -0.1) is 0 Å². The third kappa shape index (κ3) is 5.55. The van der Waals surface area contributed by atoms with Gasteiger partial charge >= 0.3 is 0 Å². The zero-order valence-electron chi connectivity index (χ0n) is 17.7. The number of hydrogen-bond donors (Lipinski definition) is 3. The molecule has 8 heteroatoms. The van der Waals surface area contributed by atoms with Crippen LogP contribution in [-0.2, 0) is 21.4 Å². The quantitative estimate of drug-likeness (QED) is 0.639. The molecule has 0 fully saturated rings. The monoisotopic (exact) mass is 419 g/mol. The number of amides is 1. The number of carbonyl (C=O) groups excluding carboxylic acids is 1. The standard InChI is InChI=1S/C21H29N3O4S/c1-12(2)19(24-29(27,28)17-8-7-13(3)14(4)10-17)21(26)22-11-18-15(5)9-16(6)23-20(18)25/h7-10,12,19,24H,11H2,1-6H3,(H,22,26)(H,23,25). The van der Waals surface area contributed by atoms with Crippen LogP contribution < -0.4 is 15.6 Å². The van der Waals surface area contributed by atoms with Crippen LogP contribution in [0.3, 0.4) is 0 Å². The summed E-state index contributed by atoms with van der Waals surface area (Å²) in [5.41, 5.74) is 3.53. The number of aryl methyl sites for hydroxylation is 4. The van der Waals surface area contributed by atoms with Crippen molar-refractivity contribution < 1.29 is 13.2 Å². The normalized spacial score (nSPS) is 12.8. The molecule has 29 heavy (non-hydrogen) atoms. The number of aromatic nitrogens is 1. The molecule has 1 amide bonds. The molecule has 0 spiro atoms. The average molecular weight is 420 g/mol. The van der Waals surface area contributed by atoms with Gasteiger partial charge in [-0.1, -0.05) is 19.9 Å². The molecule has 2 rings (SSSR count). The van der Waals surface area contributed by atoms with Crippen LogP contribution in [0, 0.1) is 33.6 Å². The van der Waals surface area contributed by atoms with E-state index in [1.165, 1.54) is 6.07 Å². The second-order valence-electron chi connectivity index (χ2n) is 7.75. The summed E-state index contributed by atoms with van der Waals surface area (Å²) in [6.07, 6.45) is 0. The number of H-pyrrole nitrogens is 1. The summed E-state index contributed by atoms with van der Waals surface area (Å²) < 4.78 is 28.1. The Balaban J connectivity index is 2.19. The molecule has 1 aromatic heterocycles. The molecule has 1 atom stereocenters. The van der Waals surface area contributed by atoms with Crippen LogP contribution in [0.4, 0.5) is 0 Å². The van der Waals surface area contributed by atoms with Crippen molar-refractivity contribution >= 4 is 15.9 Å². The number of benzene rings is 1. The van der Waals surface area contributed by atoms with E-state index in [0.717, 1.165) is 22.4 Å². The summed E-state index contributed by atoms with van der Waals surface area (Å²) in [5, 5.41) is 2.69. The van der Waals surface area contributed by atoms with Gasteiger partial charge in [-0.25, -0.2) is 8.42 Å². The van der Waals surface area contributed by atoms with E-state index in [1.54, 1.807) is 39.8 Å². The fraction of sp³-hybridized carbons (Fsp3) is 0.429. The van der Waals surface area contributed by atoms with Gasteiger partial charge in [-0.2, -0.15) is 4.72 Å². The lowest BCUT2D eigenvalue weighted by Crippen LogP contribution is -2.49.